The van der Waals surface area contributed by atoms with Gasteiger partial charge in [-0.1, -0.05) is 11.6 Å². The molecule has 2 atom stereocenters. The fourth-order valence-electron chi connectivity index (χ4n) is 2.38. The van der Waals surface area contributed by atoms with Gasteiger partial charge in [0.2, 0.25) is 0 Å². The average Bonchev–Trinajstić information content (AvgIpc) is 2.96. The fourth-order valence-corrected chi connectivity index (χ4v) is 2.51. The number of rotatable bonds is 3. The summed E-state index contributed by atoms with van der Waals surface area (Å²) in [6.07, 6.45) is 0.461. The van der Waals surface area contributed by atoms with E-state index in [9.17, 15) is 9.59 Å². The van der Waals surface area contributed by atoms with E-state index in [1.807, 2.05) is 0 Å². The molecule has 0 spiro atoms. The highest BCUT2D eigenvalue weighted by Gasteiger charge is 2.48. The summed E-state index contributed by atoms with van der Waals surface area (Å²) in [6.45, 7) is 0.386. The minimum atomic E-state index is -0.425. The molecule has 1 aromatic carbocycles. The summed E-state index contributed by atoms with van der Waals surface area (Å²) in [5.41, 5.74) is 0. The third-order valence-electron chi connectivity index (χ3n) is 3.31. The summed E-state index contributed by atoms with van der Waals surface area (Å²) >= 11 is 5.75. The van der Waals surface area contributed by atoms with Crippen LogP contribution in [0.2, 0.25) is 5.02 Å². The summed E-state index contributed by atoms with van der Waals surface area (Å²) < 4.78 is 10.4. The summed E-state index contributed by atoms with van der Waals surface area (Å²) in [7, 11) is 0. The van der Waals surface area contributed by atoms with E-state index in [0.29, 0.717) is 23.7 Å². The van der Waals surface area contributed by atoms with Crippen LogP contribution < -0.4 is 4.74 Å². The van der Waals surface area contributed by atoms with Crippen LogP contribution in [0.15, 0.2) is 24.3 Å². The Bertz CT molecular complexity index is 516. The van der Waals surface area contributed by atoms with Gasteiger partial charge in [0.1, 0.15) is 17.9 Å². The SMILES string of the molecule is O=C1OC2CC1N(C(=O)COc1ccc(Cl)cc1)C2. The van der Waals surface area contributed by atoms with Crippen molar-refractivity contribution in [2.45, 2.75) is 18.6 Å². The first-order valence-electron chi connectivity index (χ1n) is 6.02. The fraction of sp³-hybridized carbons (Fsp3) is 0.385. The van der Waals surface area contributed by atoms with Crippen LogP contribution >= 0.6 is 11.6 Å². The molecule has 0 aromatic heterocycles. The molecule has 0 saturated carbocycles. The van der Waals surface area contributed by atoms with Crippen molar-refractivity contribution in [3.63, 3.8) is 0 Å². The van der Waals surface area contributed by atoms with Crippen molar-refractivity contribution < 1.29 is 19.1 Å². The van der Waals surface area contributed by atoms with Gasteiger partial charge in [-0.25, -0.2) is 4.79 Å². The van der Waals surface area contributed by atoms with E-state index >= 15 is 0 Å². The highest BCUT2D eigenvalue weighted by molar-refractivity contribution is 6.30. The lowest BCUT2D eigenvalue weighted by atomic mass is 10.2. The number of morpholine rings is 1. The second-order valence-electron chi connectivity index (χ2n) is 4.60. The van der Waals surface area contributed by atoms with Gasteiger partial charge in [-0.3, -0.25) is 4.79 Å². The first-order chi connectivity index (χ1) is 9.13. The number of hydrogen-bond donors (Lipinski definition) is 0. The number of carbonyl (C=O) groups is 2. The second-order valence-corrected chi connectivity index (χ2v) is 5.04. The number of esters is 1. The first-order valence-corrected chi connectivity index (χ1v) is 6.39. The predicted molar refractivity (Wildman–Crippen MR) is 66.9 cm³/mol. The van der Waals surface area contributed by atoms with Crippen LogP contribution in [0.25, 0.3) is 0 Å². The molecule has 3 rings (SSSR count). The Hall–Kier alpha value is -1.75. The van der Waals surface area contributed by atoms with Crippen LogP contribution in [0.5, 0.6) is 5.75 Å². The van der Waals surface area contributed by atoms with Gasteiger partial charge in [-0.05, 0) is 24.3 Å². The molecule has 2 fully saturated rings. The minimum Gasteiger partial charge on any atom is -0.484 e. The van der Waals surface area contributed by atoms with E-state index in [0.717, 1.165) is 0 Å². The summed E-state index contributed by atoms with van der Waals surface area (Å²) in [6, 6.07) is 6.35. The Labute approximate surface area is 115 Å². The molecule has 2 bridgehead atoms. The summed E-state index contributed by atoms with van der Waals surface area (Å²) in [5, 5.41) is 0.610. The predicted octanol–water partition coefficient (Wildman–Crippen LogP) is 1.25. The van der Waals surface area contributed by atoms with Crippen LogP contribution in [-0.2, 0) is 14.3 Å². The summed E-state index contributed by atoms with van der Waals surface area (Å²) in [5.74, 6) is 0.0693. The zero-order chi connectivity index (χ0) is 13.4. The molecule has 2 aliphatic heterocycles. The van der Waals surface area contributed by atoms with E-state index in [-0.39, 0.29) is 24.6 Å². The maximum absolute atomic E-state index is 12.0. The van der Waals surface area contributed by atoms with Crippen molar-refractivity contribution >= 4 is 23.5 Å². The second kappa shape index (κ2) is 4.74. The van der Waals surface area contributed by atoms with Crippen LogP contribution in [-0.4, -0.2) is 42.1 Å². The Balaban J connectivity index is 1.57. The molecule has 2 heterocycles. The Kier molecular flexibility index (Phi) is 3.06. The van der Waals surface area contributed by atoms with Crippen molar-refractivity contribution in [2.75, 3.05) is 13.2 Å². The number of nitrogens with zero attached hydrogens (tertiary/aromatic N) is 1. The van der Waals surface area contributed by atoms with E-state index in [4.69, 9.17) is 21.1 Å². The molecule has 1 amide bonds. The van der Waals surface area contributed by atoms with Gasteiger partial charge >= 0.3 is 5.97 Å². The zero-order valence-electron chi connectivity index (χ0n) is 10.0. The lowest BCUT2D eigenvalue weighted by Crippen LogP contribution is -2.46. The topological polar surface area (TPSA) is 55.8 Å². The Morgan fingerprint density at radius 2 is 2.16 bits per heavy atom. The molecule has 2 saturated heterocycles. The Morgan fingerprint density at radius 3 is 2.79 bits per heavy atom. The van der Waals surface area contributed by atoms with E-state index in [2.05, 4.69) is 0 Å². The van der Waals surface area contributed by atoms with Crippen molar-refractivity contribution in [3.05, 3.63) is 29.3 Å². The third kappa shape index (κ3) is 2.38. The minimum absolute atomic E-state index is 0.0852. The standard InChI is InChI=1S/C13H12ClNO4/c14-8-1-3-9(4-2-8)18-7-12(16)15-6-10-5-11(15)13(17)19-10/h1-4,10-11H,5-7H2. The van der Waals surface area contributed by atoms with Crippen molar-refractivity contribution in [1.29, 1.82) is 0 Å². The van der Waals surface area contributed by atoms with Gasteiger partial charge in [-0.2, -0.15) is 0 Å². The van der Waals surface area contributed by atoms with Crippen molar-refractivity contribution in [1.82, 2.24) is 4.90 Å². The van der Waals surface area contributed by atoms with E-state index in [1.54, 1.807) is 24.3 Å². The maximum atomic E-state index is 12.0. The highest BCUT2D eigenvalue weighted by atomic mass is 35.5. The zero-order valence-corrected chi connectivity index (χ0v) is 10.8. The number of ether oxygens (including phenoxy) is 2. The number of likely N-dealkylation sites (tertiary alicyclic amines) is 1. The number of amides is 1. The monoisotopic (exact) mass is 281 g/mol. The maximum Gasteiger partial charge on any atom is 0.329 e. The number of hydrogen-bond acceptors (Lipinski definition) is 4. The lowest BCUT2D eigenvalue weighted by Gasteiger charge is -2.25. The molecular formula is C13H12ClNO4. The van der Waals surface area contributed by atoms with E-state index < -0.39 is 6.04 Å². The molecule has 0 radical (unpaired) electrons. The molecule has 0 aliphatic carbocycles. The van der Waals surface area contributed by atoms with Crippen LogP contribution in [0.4, 0.5) is 0 Å². The molecule has 19 heavy (non-hydrogen) atoms. The smallest absolute Gasteiger partial charge is 0.329 e. The normalized spacial score (nSPS) is 24.5. The number of benzene rings is 1. The number of halogens is 1. The summed E-state index contributed by atoms with van der Waals surface area (Å²) in [4.78, 5) is 24.9. The molecule has 100 valence electrons. The lowest BCUT2D eigenvalue weighted by molar-refractivity contribution is -0.157. The average molecular weight is 282 g/mol. The van der Waals surface area contributed by atoms with E-state index in [1.165, 1.54) is 4.90 Å². The van der Waals surface area contributed by atoms with Gasteiger partial charge in [0.15, 0.2) is 6.61 Å². The Morgan fingerprint density at radius 1 is 1.42 bits per heavy atom. The highest BCUT2D eigenvalue weighted by Crippen LogP contribution is 2.29. The largest absolute Gasteiger partial charge is 0.484 e. The van der Waals surface area contributed by atoms with Gasteiger partial charge in [0, 0.05) is 11.4 Å². The third-order valence-corrected chi connectivity index (χ3v) is 3.57. The van der Waals surface area contributed by atoms with Crippen molar-refractivity contribution in [3.8, 4) is 5.75 Å². The van der Waals surface area contributed by atoms with Crippen LogP contribution in [0.1, 0.15) is 6.42 Å². The molecule has 1 aromatic rings. The molecule has 5 nitrogen and oxygen atoms in total. The molecule has 0 N–H and O–H groups in total. The van der Waals surface area contributed by atoms with Gasteiger partial charge in [0.25, 0.3) is 5.91 Å². The van der Waals surface area contributed by atoms with Crippen LogP contribution in [0, 0.1) is 0 Å². The quantitative estimate of drug-likeness (QED) is 0.783. The molecule has 2 unspecified atom stereocenters. The number of fused-ring (bicyclic) bond motifs is 2. The molecule has 6 heteroatoms. The number of carbonyl (C=O) groups excluding carboxylic acids is 2. The van der Waals surface area contributed by atoms with Crippen molar-refractivity contribution in [2.24, 2.45) is 0 Å². The van der Waals surface area contributed by atoms with Crippen LogP contribution in [0.3, 0.4) is 0 Å². The van der Waals surface area contributed by atoms with Gasteiger partial charge < -0.3 is 14.4 Å². The van der Waals surface area contributed by atoms with Gasteiger partial charge in [-0.15, -0.1) is 0 Å². The van der Waals surface area contributed by atoms with Gasteiger partial charge in [0.05, 0.1) is 6.54 Å². The molecular weight excluding hydrogens is 270 g/mol. The molecule has 2 aliphatic rings. The first kappa shape index (κ1) is 12.3.